The summed E-state index contributed by atoms with van der Waals surface area (Å²) < 4.78 is 58.5. The second-order valence-electron chi connectivity index (χ2n) is 11.4. The van der Waals surface area contributed by atoms with E-state index in [0.717, 1.165) is 18.2 Å². The Hall–Kier alpha value is -5.28. The standard InChI is InChI=1S/C33H26F3N5O4/c1-33(2)17-44-16-28(33)41-29(38-26-8-9-27(32(42)43)40-31(26)41)12-20-11-24(36)21(13-23(20)35)25-4-3-5-30(39-25)45-15-19-7-6-18(14-37)10-22(19)34/h3-11,13,28H,12,15-17H2,1-2H3,(H,42,43). The molecule has 6 rings (SSSR count). The van der Waals surface area contributed by atoms with Gasteiger partial charge < -0.3 is 19.1 Å². The average molecular weight is 614 g/mol. The molecule has 9 nitrogen and oxygen atoms in total. The van der Waals surface area contributed by atoms with E-state index in [0.29, 0.717) is 30.2 Å². The van der Waals surface area contributed by atoms with Gasteiger partial charge in [0, 0.05) is 29.0 Å². The number of halogens is 3. The molecule has 1 aliphatic heterocycles. The van der Waals surface area contributed by atoms with Gasteiger partial charge in [-0.15, -0.1) is 0 Å². The Balaban J connectivity index is 1.30. The van der Waals surface area contributed by atoms with E-state index in [1.54, 1.807) is 16.7 Å². The zero-order valence-corrected chi connectivity index (χ0v) is 24.2. The van der Waals surface area contributed by atoms with Crippen LogP contribution in [0.25, 0.3) is 22.4 Å². The van der Waals surface area contributed by atoms with Gasteiger partial charge in [0.05, 0.1) is 36.6 Å². The molecule has 4 heterocycles. The fraction of sp³-hybridized carbons (Fsp3) is 0.242. The van der Waals surface area contributed by atoms with Crippen LogP contribution in [0.15, 0.2) is 60.7 Å². The number of hydrogen-bond donors (Lipinski definition) is 1. The van der Waals surface area contributed by atoms with Crippen molar-refractivity contribution in [3.63, 3.8) is 0 Å². The summed E-state index contributed by atoms with van der Waals surface area (Å²) in [4.78, 5) is 24.9. The van der Waals surface area contributed by atoms with Gasteiger partial charge in [-0.1, -0.05) is 26.0 Å². The van der Waals surface area contributed by atoms with Crippen LogP contribution in [0.2, 0.25) is 0 Å². The fourth-order valence-corrected chi connectivity index (χ4v) is 5.39. The lowest BCUT2D eigenvalue weighted by atomic mass is 9.87. The van der Waals surface area contributed by atoms with E-state index in [1.165, 1.54) is 30.3 Å². The van der Waals surface area contributed by atoms with Crippen LogP contribution in [-0.4, -0.2) is 43.8 Å². The van der Waals surface area contributed by atoms with Gasteiger partial charge >= 0.3 is 5.97 Å². The van der Waals surface area contributed by atoms with E-state index in [2.05, 4.69) is 15.0 Å². The highest BCUT2D eigenvalue weighted by Crippen LogP contribution is 2.40. The predicted molar refractivity (Wildman–Crippen MR) is 156 cm³/mol. The highest BCUT2D eigenvalue weighted by Gasteiger charge is 2.39. The number of carboxylic acids is 1. The molecule has 45 heavy (non-hydrogen) atoms. The van der Waals surface area contributed by atoms with Crippen LogP contribution < -0.4 is 4.74 Å². The summed E-state index contributed by atoms with van der Waals surface area (Å²) in [7, 11) is 0. The number of ether oxygens (including phenoxy) is 2. The van der Waals surface area contributed by atoms with E-state index < -0.39 is 23.4 Å². The second kappa shape index (κ2) is 11.7. The first-order valence-electron chi connectivity index (χ1n) is 14.0. The summed E-state index contributed by atoms with van der Waals surface area (Å²) in [6.07, 6.45) is -0.0961. The number of nitriles is 1. The third kappa shape index (κ3) is 5.82. The Morgan fingerprint density at radius 3 is 2.56 bits per heavy atom. The van der Waals surface area contributed by atoms with Crippen molar-refractivity contribution in [2.24, 2.45) is 5.41 Å². The minimum Gasteiger partial charge on any atom is -0.477 e. The van der Waals surface area contributed by atoms with Gasteiger partial charge in [-0.25, -0.2) is 32.9 Å². The molecule has 2 aromatic carbocycles. The van der Waals surface area contributed by atoms with Gasteiger partial charge in [0.15, 0.2) is 11.3 Å². The summed E-state index contributed by atoms with van der Waals surface area (Å²) >= 11 is 0. The lowest BCUT2D eigenvalue weighted by Crippen LogP contribution is -2.27. The lowest BCUT2D eigenvalue weighted by Gasteiger charge is -2.27. The Labute approximate surface area is 255 Å². The molecule has 1 saturated heterocycles. The molecule has 0 amide bonds. The van der Waals surface area contributed by atoms with Crippen LogP contribution in [0, 0.1) is 34.2 Å². The summed E-state index contributed by atoms with van der Waals surface area (Å²) in [5.41, 5.74) is 0.661. The SMILES string of the molecule is CC1(C)COCC1n1c(Cc2cc(F)c(-c3cccc(OCc4ccc(C#N)cc4F)n3)cc2F)nc2ccc(C(=O)O)nc21. The smallest absolute Gasteiger partial charge is 0.354 e. The number of benzene rings is 2. The van der Waals surface area contributed by atoms with Crippen molar-refractivity contribution in [1.29, 1.82) is 5.26 Å². The molecule has 12 heteroatoms. The molecule has 0 bridgehead atoms. The van der Waals surface area contributed by atoms with Crippen LogP contribution >= 0.6 is 0 Å². The molecule has 0 spiro atoms. The average Bonchev–Trinajstić information content (AvgIpc) is 3.55. The summed E-state index contributed by atoms with van der Waals surface area (Å²) in [6, 6.07) is 15.2. The molecular formula is C33H26F3N5O4. The first-order chi connectivity index (χ1) is 21.5. The number of carboxylic acid groups (broad SMARTS) is 1. The Kier molecular flexibility index (Phi) is 7.72. The van der Waals surface area contributed by atoms with Crippen molar-refractivity contribution < 1.29 is 32.5 Å². The van der Waals surface area contributed by atoms with Crippen molar-refractivity contribution in [2.75, 3.05) is 13.2 Å². The maximum absolute atomic E-state index is 15.6. The zero-order chi connectivity index (χ0) is 31.9. The van der Waals surface area contributed by atoms with E-state index in [4.69, 9.17) is 14.7 Å². The molecule has 0 saturated carbocycles. The number of carbonyl (C=O) groups is 1. The first kappa shape index (κ1) is 29.8. The number of hydrogen-bond acceptors (Lipinski definition) is 7. The fourth-order valence-electron chi connectivity index (χ4n) is 5.39. The minimum absolute atomic E-state index is 0.0340. The van der Waals surface area contributed by atoms with E-state index in [-0.39, 0.29) is 64.0 Å². The van der Waals surface area contributed by atoms with Crippen molar-refractivity contribution in [1.82, 2.24) is 19.5 Å². The summed E-state index contributed by atoms with van der Waals surface area (Å²) in [6.45, 7) is 4.59. The van der Waals surface area contributed by atoms with Gasteiger partial charge in [-0.2, -0.15) is 5.26 Å². The van der Waals surface area contributed by atoms with E-state index in [1.807, 2.05) is 19.9 Å². The normalized spacial score (nSPS) is 15.7. The molecule has 5 aromatic rings. The van der Waals surface area contributed by atoms with Gasteiger partial charge in [-0.3, -0.25) is 0 Å². The largest absolute Gasteiger partial charge is 0.477 e. The summed E-state index contributed by atoms with van der Waals surface area (Å²) in [5.74, 6) is -2.76. The first-order valence-corrected chi connectivity index (χ1v) is 14.0. The number of nitrogens with zero attached hydrogens (tertiary/aromatic N) is 5. The van der Waals surface area contributed by atoms with E-state index >= 15 is 8.78 Å². The van der Waals surface area contributed by atoms with Crippen LogP contribution in [0.1, 0.15) is 52.9 Å². The molecule has 1 unspecified atom stereocenters. The minimum atomic E-state index is -1.19. The highest BCUT2D eigenvalue weighted by atomic mass is 19.1. The van der Waals surface area contributed by atoms with Crippen molar-refractivity contribution in [2.45, 2.75) is 32.9 Å². The highest BCUT2D eigenvalue weighted by molar-refractivity contribution is 5.88. The maximum atomic E-state index is 15.6. The van der Waals surface area contributed by atoms with Crippen LogP contribution in [-0.2, 0) is 17.8 Å². The molecule has 228 valence electrons. The molecule has 1 atom stereocenters. The second-order valence-corrected chi connectivity index (χ2v) is 11.4. The number of fused-ring (bicyclic) bond motifs is 1. The maximum Gasteiger partial charge on any atom is 0.354 e. The Morgan fingerprint density at radius 2 is 1.84 bits per heavy atom. The van der Waals surface area contributed by atoms with E-state index in [9.17, 15) is 14.3 Å². The molecule has 1 N–H and O–H groups in total. The predicted octanol–water partition coefficient (Wildman–Crippen LogP) is 6.25. The van der Waals surface area contributed by atoms with Crippen molar-refractivity contribution >= 4 is 17.1 Å². The van der Waals surface area contributed by atoms with Crippen LogP contribution in [0.5, 0.6) is 5.88 Å². The topological polar surface area (TPSA) is 123 Å². The monoisotopic (exact) mass is 613 g/mol. The van der Waals surface area contributed by atoms with Gasteiger partial charge in [-0.05, 0) is 48.0 Å². The zero-order valence-electron chi connectivity index (χ0n) is 24.2. The molecular weight excluding hydrogens is 587 g/mol. The number of aromatic nitrogens is 4. The molecule has 0 radical (unpaired) electrons. The number of rotatable bonds is 8. The van der Waals surface area contributed by atoms with Gasteiger partial charge in [0.25, 0.3) is 0 Å². The molecule has 3 aromatic heterocycles. The Morgan fingerprint density at radius 1 is 1.04 bits per heavy atom. The van der Waals surface area contributed by atoms with Crippen LogP contribution in [0.4, 0.5) is 13.2 Å². The van der Waals surface area contributed by atoms with Gasteiger partial charge in [0.2, 0.25) is 5.88 Å². The third-order valence-corrected chi connectivity index (χ3v) is 7.83. The third-order valence-electron chi connectivity index (χ3n) is 7.83. The number of aromatic carboxylic acids is 1. The molecule has 0 aliphatic carbocycles. The molecule has 1 fully saturated rings. The van der Waals surface area contributed by atoms with Crippen molar-refractivity contribution in [3.05, 3.63) is 106 Å². The van der Waals surface area contributed by atoms with Crippen LogP contribution in [0.3, 0.4) is 0 Å². The molecule has 1 aliphatic rings. The number of pyridine rings is 2. The quantitative estimate of drug-likeness (QED) is 0.218. The van der Waals surface area contributed by atoms with Gasteiger partial charge in [0.1, 0.15) is 35.4 Å². The lowest BCUT2D eigenvalue weighted by molar-refractivity contribution is 0.0690. The Bertz CT molecular complexity index is 2000. The van der Waals surface area contributed by atoms with Crippen molar-refractivity contribution in [3.8, 4) is 23.2 Å². The summed E-state index contributed by atoms with van der Waals surface area (Å²) in [5, 5.41) is 18.4. The number of imidazole rings is 1.